The number of amides is 1. The molecule has 0 radical (unpaired) electrons. The third kappa shape index (κ3) is 2.58. The van der Waals surface area contributed by atoms with E-state index in [1.165, 1.54) is 11.3 Å². The Hall–Kier alpha value is -1.18. The first kappa shape index (κ1) is 12.8. The number of aliphatic hydroxyl groups is 1. The number of aromatic nitrogens is 1. The van der Waals surface area contributed by atoms with Gasteiger partial charge in [0.1, 0.15) is 5.69 Å². The van der Waals surface area contributed by atoms with Crippen molar-refractivity contribution >= 4 is 22.4 Å². The molecule has 19 heavy (non-hydrogen) atoms. The van der Waals surface area contributed by atoms with Crippen LogP contribution in [0.1, 0.15) is 23.3 Å². The second-order valence-corrected chi connectivity index (χ2v) is 6.09. The number of thiazole rings is 1. The van der Waals surface area contributed by atoms with Gasteiger partial charge in [-0.2, -0.15) is 0 Å². The average molecular weight is 282 g/mol. The summed E-state index contributed by atoms with van der Waals surface area (Å²) in [7, 11) is 0. The molecule has 0 aliphatic carbocycles. The Morgan fingerprint density at radius 1 is 1.42 bits per heavy atom. The maximum atomic E-state index is 12.2. The summed E-state index contributed by atoms with van der Waals surface area (Å²) < 4.78 is 0. The van der Waals surface area contributed by atoms with Gasteiger partial charge in [-0.3, -0.25) is 9.69 Å². The van der Waals surface area contributed by atoms with Crippen molar-refractivity contribution in [1.29, 1.82) is 0 Å². The molecule has 3 heterocycles. The third-order valence-electron chi connectivity index (χ3n) is 3.90. The van der Waals surface area contributed by atoms with Crippen LogP contribution in [-0.2, 0) is 0 Å². The fourth-order valence-corrected chi connectivity index (χ4v) is 3.30. The van der Waals surface area contributed by atoms with E-state index >= 15 is 0 Å². The van der Waals surface area contributed by atoms with Crippen molar-refractivity contribution in [3.63, 3.8) is 0 Å². The number of carbonyl (C=O) groups is 1. The first-order chi connectivity index (χ1) is 9.13. The molecule has 2 aliphatic heterocycles. The third-order valence-corrected chi connectivity index (χ3v) is 4.57. The number of rotatable bonds is 2. The van der Waals surface area contributed by atoms with Crippen molar-refractivity contribution in [1.82, 2.24) is 14.8 Å². The van der Waals surface area contributed by atoms with Crippen molar-refractivity contribution in [2.75, 3.05) is 31.9 Å². The maximum Gasteiger partial charge on any atom is 0.273 e. The van der Waals surface area contributed by atoms with Crippen LogP contribution in [-0.4, -0.2) is 64.1 Å². The minimum absolute atomic E-state index is 0.0185. The van der Waals surface area contributed by atoms with Gasteiger partial charge in [0.2, 0.25) is 0 Å². The monoisotopic (exact) mass is 282 g/mol. The minimum Gasteiger partial charge on any atom is -0.390 e. The van der Waals surface area contributed by atoms with Gasteiger partial charge in [-0.05, 0) is 12.8 Å². The highest BCUT2D eigenvalue weighted by Gasteiger charge is 2.34. The lowest BCUT2D eigenvalue weighted by Gasteiger charge is -2.45. The fraction of sp³-hybridized carbons (Fsp3) is 0.667. The Bertz CT molecular complexity index is 464. The lowest BCUT2D eigenvalue weighted by molar-refractivity contribution is -0.0381. The molecule has 1 aromatic rings. The Balaban J connectivity index is 1.54. The molecule has 104 valence electrons. The summed E-state index contributed by atoms with van der Waals surface area (Å²) in [6, 6.07) is 0.507. The number of piperidine rings is 1. The van der Waals surface area contributed by atoms with Crippen LogP contribution in [0.5, 0.6) is 0 Å². The number of nitrogens with zero attached hydrogens (tertiary/aromatic N) is 3. The van der Waals surface area contributed by atoms with Crippen LogP contribution >= 0.6 is 11.3 Å². The fourth-order valence-electron chi connectivity index (χ4n) is 2.77. The zero-order valence-corrected chi connectivity index (χ0v) is 11.5. The van der Waals surface area contributed by atoms with Crippen molar-refractivity contribution in [2.24, 2.45) is 0 Å². The number of β-amino-alcohol motifs (C(OH)–C–C–N with tert-alkyl or cyclic N) is 1. The van der Waals surface area contributed by atoms with E-state index in [-0.39, 0.29) is 12.0 Å². The summed E-state index contributed by atoms with van der Waals surface area (Å²) in [6.45, 7) is 3.07. The normalized spacial score (nSPS) is 22.5. The van der Waals surface area contributed by atoms with Crippen molar-refractivity contribution in [3.05, 3.63) is 11.1 Å². The molecule has 1 aromatic heterocycles. The van der Waals surface area contributed by atoms with Crippen LogP contribution in [0.25, 0.3) is 0 Å². The predicted molar refractivity (Wildman–Crippen MR) is 73.0 cm³/mol. The zero-order valence-electron chi connectivity index (χ0n) is 10.7. The van der Waals surface area contributed by atoms with Gasteiger partial charge in [0, 0.05) is 37.6 Å². The predicted octanol–water partition coefficient (Wildman–Crippen LogP) is 0.00640. The Morgan fingerprint density at radius 3 is 2.63 bits per heavy atom. The van der Waals surface area contributed by atoms with Crippen LogP contribution in [0, 0.1) is 0 Å². The van der Waals surface area contributed by atoms with E-state index in [1.807, 2.05) is 4.90 Å². The summed E-state index contributed by atoms with van der Waals surface area (Å²) in [6.07, 6.45) is 1.79. The maximum absolute atomic E-state index is 12.2. The van der Waals surface area contributed by atoms with Crippen LogP contribution in [0.15, 0.2) is 5.38 Å². The van der Waals surface area contributed by atoms with E-state index in [0.717, 1.165) is 39.0 Å². The van der Waals surface area contributed by atoms with Crippen LogP contribution in [0.2, 0.25) is 0 Å². The second kappa shape index (κ2) is 5.07. The van der Waals surface area contributed by atoms with E-state index in [9.17, 15) is 9.90 Å². The Morgan fingerprint density at radius 2 is 2.11 bits per heavy atom. The zero-order chi connectivity index (χ0) is 13.4. The highest BCUT2D eigenvalue weighted by atomic mass is 32.1. The van der Waals surface area contributed by atoms with Gasteiger partial charge in [-0.1, -0.05) is 0 Å². The van der Waals surface area contributed by atoms with E-state index in [0.29, 0.717) is 16.9 Å². The number of nitrogens with two attached hydrogens (primary N) is 1. The molecule has 0 bridgehead atoms. The molecule has 6 nitrogen and oxygen atoms in total. The summed E-state index contributed by atoms with van der Waals surface area (Å²) in [4.78, 5) is 20.4. The quantitative estimate of drug-likeness (QED) is 0.798. The smallest absolute Gasteiger partial charge is 0.273 e. The van der Waals surface area contributed by atoms with Crippen molar-refractivity contribution in [3.8, 4) is 0 Å². The molecular formula is C12H18N4O2S. The van der Waals surface area contributed by atoms with Crippen LogP contribution < -0.4 is 5.73 Å². The molecule has 1 amide bonds. The number of hydrogen-bond donors (Lipinski definition) is 2. The number of likely N-dealkylation sites (tertiary alicyclic amines) is 2. The Kier molecular flexibility index (Phi) is 3.42. The summed E-state index contributed by atoms with van der Waals surface area (Å²) in [5.74, 6) is -0.0185. The van der Waals surface area contributed by atoms with Gasteiger partial charge >= 0.3 is 0 Å². The van der Waals surface area contributed by atoms with Gasteiger partial charge in [0.25, 0.3) is 5.91 Å². The molecule has 7 heteroatoms. The average Bonchev–Trinajstić information content (AvgIpc) is 2.81. The van der Waals surface area contributed by atoms with Crippen LogP contribution in [0.3, 0.4) is 0 Å². The van der Waals surface area contributed by atoms with E-state index < -0.39 is 0 Å². The minimum atomic E-state index is -0.155. The molecular weight excluding hydrogens is 264 g/mol. The Labute approximate surface area is 115 Å². The molecule has 2 saturated heterocycles. The summed E-state index contributed by atoms with van der Waals surface area (Å²) in [5.41, 5.74) is 6.01. The van der Waals surface area contributed by atoms with Gasteiger partial charge in [-0.25, -0.2) is 4.98 Å². The standard InChI is InChI=1S/C12H18N4O2S/c13-12-14-10(7-19-12)11(18)15-3-1-8(2-4-15)16-5-9(17)6-16/h7-9,17H,1-6H2,(H2,13,14). The molecule has 0 unspecified atom stereocenters. The first-order valence-corrected chi connectivity index (χ1v) is 7.44. The summed E-state index contributed by atoms with van der Waals surface area (Å²) in [5, 5.41) is 11.5. The number of hydrogen-bond acceptors (Lipinski definition) is 6. The SMILES string of the molecule is Nc1nc(C(=O)N2CCC(N3CC(O)C3)CC2)cs1. The van der Waals surface area contributed by atoms with Crippen molar-refractivity contribution < 1.29 is 9.90 Å². The molecule has 0 saturated carbocycles. The second-order valence-electron chi connectivity index (χ2n) is 5.20. The highest BCUT2D eigenvalue weighted by Crippen LogP contribution is 2.23. The van der Waals surface area contributed by atoms with Gasteiger partial charge in [0.05, 0.1) is 6.10 Å². The number of nitrogen functional groups attached to an aromatic ring is 1. The molecule has 3 N–H and O–H groups in total. The van der Waals surface area contributed by atoms with E-state index in [2.05, 4.69) is 9.88 Å². The molecule has 3 rings (SSSR count). The van der Waals surface area contributed by atoms with Crippen molar-refractivity contribution in [2.45, 2.75) is 25.0 Å². The molecule has 0 aromatic carbocycles. The number of aliphatic hydroxyl groups excluding tert-OH is 1. The first-order valence-electron chi connectivity index (χ1n) is 6.56. The van der Waals surface area contributed by atoms with Crippen LogP contribution in [0.4, 0.5) is 5.13 Å². The van der Waals surface area contributed by atoms with E-state index in [4.69, 9.17) is 5.73 Å². The molecule has 0 atom stereocenters. The van der Waals surface area contributed by atoms with E-state index in [1.54, 1.807) is 5.38 Å². The highest BCUT2D eigenvalue weighted by molar-refractivity contribution is 7.13. The lowest BCUT2D eigenvalue weighted by Crippen LogP contribution is -2.58. The number of carbonyl (C=O) groups excluding carboxylic acids is 1. The molecule has 0 spiro atoms. The van der Waals surface area contributed by atoms with Gasteiger partial charge in [0.15, 0.2) is 5.13 Å². The lowest BCUT2D eigenvalue weighted by atomic mass is 9.98. The largest absolute Gasteiger partial charge is 0.390 e. The number of anilines is 1. The van der Waals surface area contributed by atoms with Gasteiger partial charge in [-0.15, -0.1) is 11.3 Å². The molecule has 2 aliphatic rings. The summed E-state index contributed by atoms with van der Waals surface area (Å²) >= 11 is 1.30. The topological polar surface area (TPSA) is 82.7 Å². The molecule has 2 fully saturated rings. The van der Waals surface area contributed by atoms with Gasteiger partial charge < -0.3 is 15.7 Å².